The maximum Gasteiger partial charge on any atom is 0.137 e. The van der Waals surface area contributed by atoms with Crippen LogP contribution in [0.2, 0.25) is 0 Å². The second-order valence-electron chi connectivity index (χ2n) is 7.23. The molecule has 3 heteroatoms. The summed E-state index contributed by atoms with van der Waals surface area (Å²) >= 11 is 0. The Balaban J connectivity index is 1.87. The van der Waals surface area contributed by atoms with E-state index in [2.05, 4.69) is 26.8 Å². The van der Waals surface area contributed by atoms with Gasteiger partial charge in [0.25, 0.3) is 0 Å². The van der Waals surface area contributed by atoms with Crippen molar-refractivity contribution < 1.29 is 14.7 Å². The molecule has 0 aliphatic carbocycles. The van der Waals surface area contributed by atoms with Crippen molar-refractivity contribution in [3.8, 4) is 5.75 Å². The number of rotatable bonds is 5. The number of ether oxygens (including phenoxy) is 1. The molecule has 0 bridgehead atoms. The molecular formula is C18H30NO2+. The predicted molar refractivity (Wildman–Crippen MR) is 86.1 cm³/mol. The highest BCUT2D eigenvalue weighted by Gasteiger charge is 2.21. The normalized spacial score (nSPS) is 18.5. The van der Waals surface area contributed by atoms with Gasteiger partial charge in [-0.1, -0.05) is 39.0 Å². The van der Waals surface area contributed by atoms with E-state index < -0.39 is 0 Å². The minimum Gasteiger partial charge on any atom is -0.490 e. The summed E-state index contributed by atoms with van der Waals surface area (Å²) in [6.07, 6.45) is 3.53. The number of hydrogen-bond acceptors (Lipinski definition) is 2. The van der Waals surface area contributed by atoms with Crippen molar-refractivity contribution in [3.63, 3.8) is 0 Å². The van der Waals surface area contributed by atoms with Crippen molar-refractivity contribution in [3.05, 3.63) is 29.8 Å². The van der Waals surface area contributed by atoms with Crippen LogP contribution in [0.25, 0.3) is 0 Å². The monoisotopic (exact) mass is 292 g/mol. The first kappa shape index (κ1) is 16.3. The minimum atomic E-state index is -0.383. The number of piperidine rings is 1. The standard InChI is InChI=1S/C18H29NO2/c1-18(2,3)16-9-5-6-10-17(16)21-14-15(20)13-19-11-7-4-8-12-19/h5-6,9-10,15,20H,4,7-8,11-14H2,1-3H3/p+1. The van der Waals surface area contributed by atoms with Gasteiger partial charge in [0.2, 0.25) is 0 Å². The van der Waals surface area contributed by atoms with E-state index in [4.69, 9.17) is 4.74 Å². The summed E-state index contributed by atoms with van der Waals surface area (Å²) in [5.41, 5.74) is 1.25. The van der Waals surface area contributed by atoms with Crippen LogP contribution in [0.3, 0.4) is 0 Å². The second-order valence-corrected chi connectivity index (χ2v) is 7.23. The molecule has 0 radical (unpaired) electrons. The molecule has 1 aliphatic heterocycles. The molecule has 1 aromatic rings. The van der Waals surface area contributed by atoms with Crippen LogP contribution in [0, 0.1) is 0 Å². The summed E-state index contributed by atoms with van der Waals surface area (Å²) in [4.78, 5) is 1.52. The van der Waals surface area contributed by atoms with Crippen LogP contribution in [0.5, 0.6) is 5.75 Å². The molecule has 2 rings (SSSR count). The third-order valence-corrected chi connectivity index (χ3v) is 4.21. The zero-order valence-electron chi connectivity index (χ0n) is 13.7. The van der Waals surface area contributed by atoms with Crippen molar-refractivity contribution >= 4 is 0 Å². The van der Waals surface area contributed by atoms with E-state index in [1.807, 2.05) is 18.2 Å². The van der Waals surface area contributed by atoms with Crippen LogP contribution < -0.4 is 9.64 Å². The smallest absolute Gasteiger partial charge is 0.137 e. The average Bonchev–Trinajstić information content (AvgIpc) is 2.45. The van der Waals surface area contributed by atoms with Crippen LogP contribution in [0.1, 0.15) is 45.6 Å². The third kappa shape index (κ3) is 5.01. The van der Waals surface area contributed by atoms with Crippen LogP contribution >= 0.6 is 0 Å². The molecule has 118 valence electrons. The summed E-state index contributed by atoms with van der Waals surface area (Å²) in [6, 6.07) is 8.15. The summed E-state index contributed by atoms with van der Waals surface area (Å²) in [7, 11) is 0. The molecule has 1 aliphatic rings. The lowest BCUT2D eigenvalue weighted by molar-refractivity contribution is -0.908. The quantitative estimate of drug-likeness (QED) is 0.867. The molecule has 0 aromatic heterocycles. The summed E-state index contributed by atoms with van der Waals surface area (Å²) in [5.74, 6) is 0.901. The van der Waals surface area contributed by atoms with E-state index in [9.17, 15) is 5.11 Å². The minimum absolute atomic E-state index is 0.0552. The number of likely N-dealkylation sites (tertiary alicyclic amines) is 1. The largest absolute Gasteiger partial charge is 0.490 e. The molecular weight excluding hydrogens is 262 g/mol. The number of aliphatic hydroxyl groups excluding tert-OH is 1. The van der Waals surface area contributed by atoms with E-state index in [0.29, 0.717) is 6.61 Å². The van der Waals surface area contributed by atoms with Gasteiger partial charge in [-0.3, -0.25) is 0 Å². The van der Waals surface area contributed by atoms with Crippen LogP contribution in [0.4, 0.5) is 0 Å². The Hall–Kier alpha value is -1.06. The Labute approximate surface area is 128 Å². The fraction of sp³-hybridized carbons (Fsp3) is 0.667. The zero-order valence-corrected chi connectivity index (χ0v) is 13.7. The fourth-order valence-electron chi connectivity index (χ4n) is 3.05. The maximum atomic E-state index is 10.2. The molecule has 1 atom stereocenters. The predicted octanol–water partition coefficient (Wildman–Crippen LogP) is 1.79. The first-order valence-corrected chi connectivity index (χ1v) is 8.21. The Bertz CT molecular complexity index is 433. The molecule has 3 nitrogen and oxygen atoms in total. The molecule has 1 unspecified atom stereocenters. The number of quaternary nitrogens is 1. The molecule has 0 amide bonds. The zero-order chi connectivity index (χ0) is 15.3. The van der Waals surface area contributed by atoms with Crippen LogP contribution in [-0.2, 0) is 5.41 Å². The lowest BCUT2D eigenvalue weighted by Gasteiger charge is -2.26. The van der Waals surface area contributed by atoms with Crippen molar-refractivity contribution in [2.75, 3.05) is 26.2 Å². The van der Waals surface area contributed by atoms with Gasteiger partial charge in [0.15, 0.2) is 0 Å². The number of para-hydroxylation sites is 1. The Kier molecular flexibility index (Phi) is 5.65. The van der Waals surface area contributed by atoms with Crippen molar-refractivity contribution in [2.24, 2.45) is 0 Å². The van der Waals surface area contributed by atoms with Gasteiger partial charge in [-0.2, -0.15) is 0 Å². The molecule has 0 saturated carbocycles. The Morgan fingerprint density at radius 2 is 1.81 bits per heavy atom. The lowest BCUT2D eigenvalue weighted by atomic mass is 9.86. The van der Waals surface area contributed by atoms with Gasteiger partial charge in [-0.25, -0.2) is 0 Å². The van der Waals surface area contributed by atoms with E-state index >= 15 is 0 Å². The van der Waals surface area contributed by atoms with E-state index in [1.54, 1.807) is 0 Å². The van der Waals surface area contributed by atoms with Gasteiger partial charge >= 0.3 is 0 Å². The number of hydrogen-bond donors (Lipinski definition) is 2. The Morgan fingerprint density at radius 3 is 2.48 bits per heavy atom. The Morgan fingerprint density at radius 1 is 1.14 bits per heavy atom. The van der Waals surface area contributed by atoms with E-state index in [0.717, 1.165) is 12.3 Å². The molecule has 2 N–H and O–H groups in total. The van der Waals surface area contributed by atoms with Crippen molar-refractivity contribution in [1.29, 1.82) is 0 Å². The van der Waals surface area contributed by atoms with Crippen LogP contribution in [-0.4, -0.2) is 37.5 Å². The number of aliphatic hydroxyl groups is 1. The van der Waals surface area contributed by atoms with Gasteiger partial charge < -0.3 is 14.7 Å². The van der Waals surface area contributed by atoms with Gasteiger partial charge in [-0.05, 0) is 36.3 Å². The van der Waals surface area contributed by atoms with Gasteiger partial charge in [-0.15, -0.1) is 0 Å². The molecule has 1 fully saturated rings. The van der Waals surface area contributed by atoms with E-state index in [1.165, 1.54) is 42.8 Å². The molecule has 21 heavy (non-hydrogen) atoms. The SMILES string of the molecule is CC(C)(C)c1ccccc1OCC(O)C[NH+]1CCCCC1. The van der Waals surface area contributed by atoms with Crippen LogP contribution in [0.15, 0.2) is 24.3 Å². The summed E-state index contributed by atoms with van der Waals surface area (Å²) in [6.45, 7) is 10.1. The topological polar surface area (TPSA) is 33.9 Å². The fourth-order valence-corrected chi connectivity index (χ4v) is 3.05. The number of benzene rings is 1. The average molecular weight is 292 g/mol. The molecule has 0 spiro atoms. The summed E-state index contributed by atoms with van der Waals surface area (Å²) < 4.78 is 5.90. The van der Waals surface area contributed by atoms with Crippen molar-refractivity contribution in [2.45, 2.75) is 51.6 Å². The second kappa shape index (κ2) is 7.28. The van der Waals surface area contributed by atoms with Gasteiger partial charge in [0.1, 0.15) is 25.0 Å². The van der Waals surface area contributed by atoms with Gasteiger partial charge in [0, 0.05) is 0 Å². The summed E-state index contributed by atoms with van der Waals surface area (Å²) in [5, 5.41) is 10.2. The first-order valence-electron chi connectivity index (χ1n) is 8.21. The first-order chi connectivity index (χ1) is 9.97. The highest BCUT2D eigenvalue weighted by Crippen LogP contribution is 2.30. The maximum absolute atomic E-state index is 10.2. The highest BCUT2D eigenvalue weighted by atomic mass is 16.5. The molecule has 1 aromatic carbocycles. The third-order valence-electron chi connectivity index (χ3n) is 4.21. The van der Waals surface area contributed by atoms with E-state index in [-0.39, 0.29) is 11.5 Å². The van der Waals surface area contributed by atoms with Crippen molar-refractivity contribution in [1.82, 2.24) is 0 Å². The highest BCUT2D eigenvalue weighted by molar-refractivity contribution is 5.38. The van der Waals surface area contributed by atoms with Gasteiger partial charge in [0.05, 0.1) is 13.1 Å². The molecule has 1 saturated heterocycles. The number of nitrogens with one attached hydrogen (secondary N) is 1. The lowest BCUT2D eigenvalue weighted by Crippen LogP contribution is -3.14. The molecule has 1 heterocycles.